The monoisotopic (exact) mass is 250 g/mol. The molecule has 1 aliphatic heterocycles. The van der Waals surface area contributed by atoms with Crippen LogP contribution in [0.5, 0.6) is 0 Å². The average molecular weight is 251 g/mol. The molecule has 1 rings (SSSR count). The van der Waals surface area contributed by atoms with Gasteiger partial charge in [0.1, 0.15) is 6.10 Å². The van der Waals surface area contributed by atoms with Crippen molar-refractivity contribution >= 4 is 18.3 Å². The van der Waals surface area contributed by atoms with Gasteiger partial charge < -0.3 is 15.0 Å². The molecule has 0 aromatic heterocycles. The van der Waals surface area contributed by atoms with Crippen molar-refractivity contribution in [3.63, 3.8) is 0 Å². The fourth-order valence-corrected chi connectivity index (χ4v) is 1.96. The number of ether oxygens (including phenoxy) is 1. The van der Waals surface area contributed by atoms with Gasteiger partial charge in [0, 0.05) is 20.2 Å². The molecular weight excluding hydrogens is 228 g/mol. The number of carbonyl (C=O) groups excluding carboxylic acids is 1. The highest BCUT2D eigenvalue weighted by atomic mass is 35.5. The van der Waals surface area contributed by atoms with Crippen molar-refractivity contribution in [2.45, 2.75) is 38.3 Å². The van der Waals surface area contributed by atoms with Crippen LogP contribution in [-0.2, 0) is 9.53 Å². The Morgan fingerprint density at radius 2 is 2.12 bits per heavy atom. The molecule has 5 heteroatoms. The summed E-state index contributed by atoms with van der Waals surface area (Å²) in [5.74, 6) is 0.0874. The molecule has 2 unspecified atom stereocenters. The SMILES string of the molecule is COC(C)C(=O)N(C)C1CCCNCC1.Cl. The first-order valence-corrected chi connectivity index (χ1v) is 5.67. The zero-order chi connectivity index (χ0) is 11.3. The Morgan fingerprint density at radius 3 is 2.75 bits per heavy atom. The number of methoxy groups -OCH3 is 1. The largest absolute Gasteiger partial charge is 0.372 e. The standard InChI is InChI=1S/C11H22N2O2.ClH/c1-9(15-3)11(14)13(2)10-5-4-7-12-8-6-10;/h9-10,12H,4-8H2,1-3H3;1H. The van der Waals surface area contributed by atoms with E-state index in [4.69, 9.17) is 4.74 Å². The summed E-state index contributed by atoms with van der Waals surface area (Å²) in [5.41, 5.74) is 0. The first kappa shape index (κ1) is 15.7. The Bertz CT molecular complexity index is 206. The predicted octanol–water partition coefficient (Wildman–Crippen LogP) is 1.04. The van der Waals surface area contributed by atoms with Crippen LogP contribution in [0.1, 0.15) is 26.2 Å². The second-order valence-corrected chi connectivity index (χ2v) is 4.16. The Kier molecular flexibility index (Phi) is 7.72. The van der Waals surface area contributed by atoms with Crippen molar-refractivity contribution in [3.8, 4) is 0 Å². The summed E-state index contributed by atoms with van der Waals surface area (Å²) in [4.78, 5) is 13.7. The molecule has 0 bridgehead atoms. The fourth-order valence-electron chi connectivity index (χ4n) is 1.96. The minimum Gasteiger partial charge on any atom is -0.372 e. The molecule has 1 N–H and O–H groups in total. The number of hydrogen-bond acceptors (Lipinski definition) is 3. The van der Waals surface area contributed by atoms with E-state index < -0.39 is 0 Å². The molecule has 16 heavy (non-hydrogen) atoms. The van der Waals surface area contributed by atoms with E-state index in [2.05, 4.69) is 5.32 Å². The van der Waals surface area contributed by atoms with E-state index in [0.29, 0.717) is 6.04 Å². The maximum Gasteiger partial charge on any atom is 0.251 e. The molecular formula is C11H23ClN2O2. The Labute approximate surface area is 104 Å². The van der Waals surface area contributed by atoms with E-state index in [1.807, 2.05) is 11.9 Å². The van der Waals surface area contributed by atoms with Gasteiger partial charge in [0.05, 0.1) is 0 Å². The van der Waals surface area contributed by atoms with Crippen molar-refractivity contribution in [1.82, 2.24) is 10.2 Å². The minimum atomic E-state index is -0.328. The average Bonchev–Trinajstić information content (AvgIpc) is 2.54. The molecule has 0 saturated carbocycles. The van der Waals surface area contributed by atoms with Crippen LogP contribution in [0.3, 0.4) is 0 Å². The highest BCUT2D eigenvalue weighted by molar-refractivity contribution is 5.85. The third-order valence-electron chi connectivity index (χ3n) is 3.14. The van der Waals surface area contributed by atoms with Gasteiger partial charge in [-0.15, -0.1) is 12.4 Å². The number of halogens is 1. The van der Waals surface area contributed by atoms with E-state index in [9.17, 15) is 4.79 Å². The first-order chi connectivity index (χ1) is 7.16. The lowest BCUT2D eigenvalue weighted by atomic mass is 10.1. The molecule has 0 aromatic carbocycles. The number of carbonyl (C=O) groups is 1. The molecule has 1 heterocycles. The summed E-state index contributed by atoms with van der Waals surface area (Å²) in [7, 11) is 3.46. The van der Waals surface area contributed by atoms with Crippen LogP contribution in [0.15, 0.2) is 0 Å². The molecule has 0 spiro atoms. The van der Waals surface area contributed by atoms with Crippen molar-refractivity contribution in [1.29, 1.82) is 0 Å². The Morgan fingerprint density at radius 1 is 1.44 bits per heavy atom. The number of rotatable bonds is 3. The predicted molar refractivity (Wildman–Crippen MR) is 67.0 cm³/mol. The number of amides is 1. The molecule has 4 nitrogen and oxygen atoms in total. The van der Waals surface area contributed by atoms with Gasteiger partial charge in [-0.05, 0) is 39.3 Å². The molecule has 96 valence electrons. The number of nitrogens with zero attached hydrogens (tertiary/aromatic N) is 1. The van der Waals surface area contributed by atoms with Gasteiger partial charge in [0.2, 0.25) is 0 Å². The minimum absolute atomic E-state index is 0. The summed E-state index contributed by atoms with van der Waals surface area (Å²) in [6.07, 6.45) is 2.94. The molecule has 1 fully saturated rings. The third kappa shape index (κ3) is 4.28. The number of hydrogen-bond donors (Lipinski definition) is 1. The molecule has 1 aliphatic rings. The van der Waals surface area contributed by atoms with E-state index in [0.717, 1.165) is 32.4 Å². The van der Waals surface area contributed by atoms with E-state index >= 15 is 0 Å². The van der Waals surface area contributed by atoms with Crippen molar-refractivity contribution < 1.29 is 9.53 Å². The van der Waals surface area contributed by atoms with Crippen molar-refractivity contribution in [3.05, 3.63) is 0 Å². The van der Waals surface area contributed by atoms with Gasteiger partial charge in [0.15, 0.2) is 0 Å². The van der Waals surface area contributed by atoms with Crippen LogP contribution in [0.2, 0.25) is 0 Å². The maximum atomic E-state index is 11.9. The van der Waals surface area contributed by atoms with Gasteiger partial charge in [-0.1, -0.05) is 0 Å². The van der Waals surface area contributed by atoms with Gasteiger partial charge in [-0.25, -0.2) is 0 Å². The zero-order valence-electron chi connectivity index (χ0n) is 10.4. The zero-order valence-corrected chi connectivity index (χ0v) is 11.2. The lowest BCUT2D eigenvalue weighted by Crippen LogP contribution is -2.43. The lowest BCUT2D eigenvalue weighted by Gasteiger charge is -2.28. The van der Waals surface area contributed by atoms with Crippen LogP contribution in [-0.4, -0.2) is 50.2 Å². The first-order valence-electron chi connectivity index (χ1n) is 5.67. The van der Waals surface area contributed by atoms with Gasteiger partial charge in [0.25, 0.3) is 5.91 Å². The quantitative estimate of drug-likeness (QED) is 0.814. The van der Waals surface area contributed by atoms with Crippen molar-refractivity contribution in [2.75, 3.05) is 27.2 Å². The summed E-state index contributed by atoms with van der Waals surface area (Å²) in [6.45, 7) is 3.87. The second-order valence-electron chi connectivity index (χ2n) is 4.16. The molecule has 0 radical (unpaired) electrons. The normalized spacial score (nSPS) is 22.8. The molecule has 2 atom stereocenters. The van der Waals surface area contributed by atoms with Crippen LogP contribution in [0.4, 0.5) is 0 Å². The highest BCUT2D eigenvalue weighted by Crippen LogP contribution is 2.13. The third-order valence-corrected chi connectivity index (χ3v) is 3.14. The van der Waals surface area contributed by atoms with Crippen LogP contribution < -0.4 is 5.32 Å². The number of likely N-dealkylation sites (N-methyl/N-ethyl adjacent to an activating group) is 1. The van der Waals surface area contributed by atoms with Crippen LogP contribution in [0.25, 0.3) is 0 Å². The molecule has 0 aromatic rings. The Balaban J connectivity index is 0.00000225. The highest BCUT2D eigenvalue weighted by Gasteiger charge is 2.24. The van der Waals surface area contributed by atoms with E-state index in [1.54, 1.807) is 14.0 Å². The van der Waals surface area contributed by atoms with Gasteiger partial charge in [-0.3, -0.25) is 4.79 Å². The maximum absolute atomic E-state index is 11.9. The molecule has 1 saturated heterocycles. The molecule has 0 aliphatic carbocycles. The summed E-state index contributed by atoms with van der Waals surface area (Å²) in [5, 5.41) is 3.35. The van der Waals surface area contributed by atoms with Crippen molar-refractivity contribution in [2.24, 2.45) is 0 Å². The molecule has 1 amide bonds. The summed E-state index contributed by atoms with van der Waals surface area (Å²) >= 11 is 0. The Hall–Kier alpha value is -0.320. The van der Waals surface area contributed by atoms with Crippen LogP contribution >= 0.6 is 12.4 Å². The van der Waals surface area contributed by atoms with E-state index in [1.165, 1.54) is 0 Å². The smallest absolute Gasteiger partial charge is 0.251 e. The van der Waals surface area contributed by atoms with Gasteiger partial charge >= 0.3 is 0 Å². The lowest BCUT2D eigenvalue weighted by molar-refractivity contribution is -0.141. The fraction of sp³-hybridized carbons (Fsp3) is 0.909. The second kappa shape index (κ2) is 7.87. The summed E-state index contributed by atoms with van der Waals surface area (Å²) < 4.78 is 5.05. The number of nitrogens with one attached hydrogen (secondary N) is 1. The van der Waals surface area contributed by atoms with Crippen LogP contribution in [0, 0.1) is 0 Å². The van der Waals surface area contributed by atoms with Gasteiger partial charge in [-0.2, -0.15) is 0 Å². The van der Waals surface area contributed by atoms with E-state index in [-0.39, 0.29) is 24.4 Å². The summed E-state index contributed by atoms with van der Waals surface area (Å²) in [6, 6.07) is 0.366. The topological polar surface area (TPSA) is 41.6 Å².